The number of hydrogen-bond acceptors (Lipinski definition) is 5. The zero-order valence-corrected chi connectivity index (χ0v) is 13.4. The maximum Gasteiger partial charge on any atom is 0.164 e. The van der Waals surface area contributed by atoms with Crippen molar-refractivity contribution in [1.29, 1.82) is 0 Å². The summed E-state index contributed by atoms with van der Waals surface area (Å²) in [5, 5.41) is 3.06. The summed E-state index contributed by atoms with van der Waals surface area (Å²) in [6.45, 7) is 5.75. The van der Waals surface area contributed by atoms with Gasteiger partial charge in [0, 0.05) is 24.0 Å². The third-order valence-corrected chi connectivity index (χ3v) is 4.14. The van der Waals surface area contributed by atoms with Gasteiger partial charge in [0.05, 0.1) is 18.2 Å². The first-order chi connectivity index (χ1) is 10.3. The summed E-state index contributed by atoms with van der Waals surface area (Å²) in [5.74, 6) is 1.84. The molecule has 114 valence electrons. The molecular formula is C16H22N2O2S. The Morgan fingerprint density at radius 2 is 2.05 bits per heavy atom. The zero-order valence-electron chi connectivity index (χ0n) is 12.5. The Morgan fingerprint density at radius 1 is 1.24 bits per heavy atom. The molecule has 21 heavy (non-hydrogen) atoms. The number of aromatic nitrogens is 1. The molecule has 0 saturated carbocycles. The van der Waals surface area contributed by atoms with Crippen molar-refractivity contribution in [3.05, 3.63) is 40.3 Å². The van der Waals surface area contributed by atoms with E-state index in [4.69, 9.17) is 15.2 Å². The molecule has 1 aromatic carbocycles. The highest BCUT2D eigenvalue weighted by molar-refractivity contribution is 7.09. The Hall–Kier alpha value is -1.59. The fourth-order valence-corrected chi connectivity index (χ4v) is 3.03. The number of nitrogens with zero attached hydrogens (tertiary/aromatic N) is 1. The highest BCUT2D eigenvalue weighted by atomic mass is 32.1. The third-order valence-electron chi connectivity index (χ3n) is 3.20. The zero-order chi connectivity index (χ0) is 15.1. The SMILES string of the molecule is CCOc1cccc(CC(CN)c2nccs2)c1OCC. The topological polar surface area (TPSA) is 57.4 Å². The van der Waals surface area contributed by atoms with E-state index < -0.39 is 0 Å². The average molecular weight is 306 g/mol. The maximum atomic E-state index is 5.93. The number of para-hydroxylation sites is 1. The quantitative estimate of drug-likeness (QED) is 0.813. The lowest BCUT2D eigenvalue weighted by Crippen LogP contribution is -2.15. The summed E-state index contributed by atoms with van der Waals surface area (Å²) in [6.07, 6.45) is 2.63. The van der Waals surface area contributed by atoms with E-state index in [1.807, 2.05) is 37.6 Å². The van der Waals surface area contributed by atoms with Crippen molar-refractivity contribution in [3.63, 3.8) is 0 Å². The molecule has 0 aliphatic heterocycles. The van der Waals surface area contributed by atoms with Gasteiger partial charge in [-0.3, -0.25) is 0 Å². The molecule has 2 aromatic rings. The minimum absolute atomic E-state index is 0.209. The van der Waals surface area contributed by atoms with Gasteiger partial charge < -0.3 is 15.2 Å². The number of thiazole rings is 1. The number of rotatable bonds is 8. The van der Waals surface area contributed by atoms with E-state index in [1.165, 1.54) is 0 Å². The standard InChI is InChI=1S/C16H22N2O2S/c1-3-19-14-7-5-6-12(15(14)20-4-2)10-13(11-17)16-18-8-9-21-16/h5-9,13H,3-4,10-11,17H2,1-2H3. The maximum absolute atomic E-state index is 5.93. The molecule has 1 aromatic heterocycles. The summed E-state index contributed by atoms with van der Waals surface area (Å²) in [5.41, 5.74) is 7.05. The molecule has 0 bridgehead atoms. The van der Waals surface area contributed by atoms with Gasteiger partial charge in [-0.15, -0.1) is 11.3 Å². The lowest BCUT2D eigenvalue weighted by molar-refractivity contribution is 0.285. The fourth-order valence-electron chi connectivity index (χ4n) is 2.27. The Morgan fingerprint density at radius 3 is 2.67 bits per heavy atom. The molecule has 1 unspecified atom stereocenters. The van der Waals surface area contributed by atoms with Crippen LogP contribution in [0.4, 0.5) is 0 Å². The normalized spacial score (nSPS) is 12.1. The van der Waals surface area contributed by atoms with Gasteiger partial charge in [0.2, 0.25) is 0 Å². The lowest BCUT2D eigenvalue weighted by atomic mass is 9.99. The smallest absolute Gasteiger partial charge is 0.164 e. The molecule has 2 N–H and O–H groups in total. The molecule has 0 radical (unpaired) electrons. The number of benzene rings is 1. The van der Waals surface area contributed by atoms with Crippen molar-refractivity contribution in [2.45, 2.75) is 26.2 Å². The van der Waals surface area contributed by atoms with E-state index >= 15 is 0 Å². The number of ether oxygens (including phenoxy) is 2. The average Bonchev–Trinajstić information content (AvgIpc) is 3.02. The largest absolute Gasteiger partial charge is 0.490 e. The van der Waals surface area contributed by atoms with Gasteiger partial charge in [-0.1, -0.05) is 12.1 Å². The molecule has 4 nitrogen and oxygen atoms in total. The van der Waals surface area contributed by atoms with Crippen LogP contribution in [0.25, 0.3) is 0 Å². The summed E-state index contributed by atoms with van der Waals surface area (Å²) in [4.78, 5) is 4.38. The van der Waals surface area contributed by atoms with E-state index in [-0.39, 0.29) is 5.92 Å². The lowest BCUT2D eigenvalue weighted by Gasteiger charge is -2.18. The number of hydrogen-bond donors (Lipinski definition) is 1. The third kappa shape index (κ3) is 3.95. The Balaban J connectivity index is 2.27. The van der Waals surface area contributed by atoms with E-state index in [2.05, 4.69) is 11.1 Å². The molecule has 0 fully saturated rings. The van der Waals surface area contributed by atoms with Crippen molar-refractivity contribution in [3.8, 4) is 11.5 Å². The Labute approximate surface area is 129 Å². The molecule has 0 aliphatic carbocycles. The van der Waals surface area contributed by atoms with E-state index in [0.29, 0.717) is 19.8 Å². The van der Waals surface area contributed by atoms with Crippen LogP contribution in [0.1, 0.15) is 30.3 Å². The van der Waals surface area contributed by atoms with Gasteiger partial charge in [-0.05, 0) is 31.9 Å². The number of nitrogens with two attached hydrogens (primary N) is 1. The second kappa shape index (κ2) is 8.00. The molecule has 0 spiro atoms. The van der Waals surface area contributed by atoms with E-state index in [0.717, 1.165) is 28.5 Å². The summed E-state index contributed by atoms with van der Waals surface area (Å²) < 4.78 is 11.5. The first kappa shape index (κ1) is 15.8. The van der Waals surface area contributed by atoms with Gasteiger partial charge >= 0.3 is 0 Å². The van der Waals surface area contributed by atoms with Gasteiger partial charge in [-0.2, -0.15) is 0 Å². The van der Waals surface area contributed by atoms with Crippen LogP contribution in [0.2, 0.25) is 0 Å². The minimum Gasteiger partial charge on any atom is -0.490 e. The molecule has 1 atom stereocenters. The van der Waals surface area contributed by atoms with Crippen molar-refractivity contribution in [2.24, 2.45) is 5.73 Å². The Kier molecular flexibility index (Phi) is 6.02. The molecule has 1 heterocycles. The molecule has 0 aliphatic rings. The van der Waals surface area contributed by atoms with E-state index in [1.54, 1.807) is 11.3 Å². The van der Waals surface area contributed by atoms with Gasteiger partial charge in [0.25, 0.3) is 0 Å². The van der Waals surface area contributed by atoms with Crippen molar-refractivity contribution < 1.29 is 9.47 Å². The van der Waals surface area contributed by atoms with Crippen LogP contribution in [0.3, 0.4) is 0 Å². The molecular weight excluding hydrogens is 284 g/mol. The van der Waals surface area contributed by atoms with Gasteiger partial charge in [0.1, 0.15) is 0 Å². The molecule has 5 heteroatoms. The summed E-state index contributed by atoms with van der Waals surface area (Å²) >= 11 is 1.65. The summed E-state index contributed by atoms with van der Waals surface area (Å²) in [6, 6.07) is 6.01. The van der Waals surface area contributed by atoms with Crippen LogP contribution in [0, 0.1) is 0 Å². The predicted octanol–water partition coefficient (Wildman–Crippen LogP) is 3.23. The monoisotopic (exact) mass is 306 g/mol. The van der Waals surface area contributed by atoms with Crippen LogP contribution in [0.5, 0.6) is 11.5 Å². The Bertz CT molecular complexity index is 543. The van der Waals surface area contributed by atoms with Crippen LogP contribution in [-0.2, 0) is 6.42 Å². The van der Waals surface area contributed by atoms with Gasteiger partial charge in [0.15, 0.2) is 11.5 Å². The van der Waals surface area contributed by atoms with Crippen molar-refractivity contribution >= 4 is 11.3 Å². The highest BCUT2D eigenvalue weighted by Crippen LogP contribution is 2.34. The first-order valence-electron chi connectivity index (χ1n) is 7.27. The molecule has 2 rings (SSSR count). The predicted molar refractivity (Wildman–Crippen MR) is 86.4 cm³/mol. The first-order valence-corrected chi connectivity index (χ1v) is 8.15. The minimum atomic E-state index is 0.209. The van der Waals surface area contributed by atoms with Crippen molar-refractivity contribution in [1.82, 2.24) is 4.98 Å². The van der Waals surface area contributed by atoms with Gasteiger partial charge in [-0.25, -0.2) is 4.98 Å². The van der Waals surface area contributed by atoms with Crippen LogP contribution in [0.15, 0.2) is 29.8 Å². The second-order valence-electron chi connectivity index (χ2n) is 4.62. The summed E-state index contributed by atoms with van der Waals surface area (Å²) in [7, 11) is 0. The van der Waals surface area contributed by atoms with Crippen LogP contribution in [-0.4, -0.2) is 24.7 Å². The van der Waals surface area contributed by atoms with E-state index in [9.17, 15) is 0 Å². The molecule has 0 saturated heterocycles. The highest BCUT2D eigenvalue weighted by Gasteiger charge is 2.18. The molecule has 0 amide bonds. The van der Waals surface area contributed by atoms with Crippen LogP contribution < -0.4 is 15.2 Å². The van der Waals surface area contributed by atoms with Crippen molar-refractivity contribution in [2.75, 3.05) is 19.8 Å². The second-order valence-corrected chi connectivity index (χ2v) is 5.54. The van der Waals surface area contributed by atoms with Crippen LogP contribution >= 0.6 is 11.3 Å². The fraction of sp³-hybridized carbons (Fsp3) is 0.438.